The fourth-order valence-corrected chi connectivity index (χ4v) is 2.81. The Kier molecular flexibility index (Phi) is 3.70. The lowest BCUT2D eigenvalue weighted by atomic mass is 9.99. The second-order valence-electron chi connectivity index (χ2n) is 5.34. The standard InChI is InChI=1S/C18H16N2O/c19-12-14-6-8-16(9-7-14)18(21)20-11-10-17(13-20)15-4-2-1-3-5-15/h1-9,17H,10-11,13H2/t17-/m0/s1. The van der Waals surface area contributed by atoms with Crippen LogP contribution in [0.15, 0.2) is 54.6 Å². The van der Waals surface area contributed by atoms with Gasteiger partial charge in [-0.05, 0) is 36.2 Å². The van der Waals surface area contributed by atoms with Crippen molar-refractivity contribution in [2.45, 2.75) is 12.3 Å². The van der Waals surface area contributed by atoms with Gasteiger partial charge in [0.2, 0.25) is 0 Å². The molecule has 3 nitrogen and oxygen atoms in total. The molecule has 0 bridgehead atoms. The van der Waals surface area contributed by atoms with Crippen LogP contribution in [-0.2, 0) is 0 Å². The molecule has 3 heteroatoms. The van der Waals surface area contributed by atoms with Crippen molar-refractivity contribution in [3.63, 3.8) is 0 Å². The normalized spacial score (nSPS) is 17.5. The highest BCUT2D eigenvalue weighted by Crippen LogP contribution is 2.27. The maximum absolute atomic E-state index is 12.5. The van der Waals surface area contributed by atoms with E-state index in [2.05, 4.69) is 18.2 Å². The highest BCUT2D eigenvalue weighted by molar-refractivity contribution is 5.94. The van der Waals surface area contributed by atoms with Gasteiger partial charge in [-0.2, -0.15) is 5.26 Å². The van der Waals surface area contributed by atoms with E-state index >= 15 is 0 Å². The fraction of sp³-hybridized carbons (Fsp3) is 0.222. The average Bonchev–Trinajstić information content (AvgIpc) is 3.05. The summed E-state index contributed by atoms with van der Waals surface area (Å²) in [5.41, 5.74) is 2.53. The molecule has 1 amide bonds. The van der Waals surface area contributed by atoms with Gasteiger partial charge in [-0.1, -0.05) is 30.3 Å². The summed E-state index contributed by atoms with van der Waals surface area (Å²) < 4.78 is 0. The molecule has 3 rings (SSSR count). The first-order chi connectivity index (χ1) is 10.3. The van der Waals surface area contributed by atoms with Gasteiger partial charge in [0.15, 0.2) is 0 Å². The molecule has 1 atom stereocenters. The molecule has 21 heavy (non-hydrogen) atoms. The summed E-state index contributed by atoms with van der Waals surface area (Å²) in [6, 6.07) is 19.3. The Labute approximate surface area is 124 Å². The molecule has 2 aromatic rings. The van der Waals surface area contributed by atoms with Crippen molar-refractivity contribution in [2.24, 2.45) is 0 Å². The van der Waals surface area contributed by atoms with Crippen molar-refractivity contribution in [1.82, 2.24) is 4.90 Å². The predicted octanol–water partition coefficient (Wildman–Crippen LogP) is 3.19. The predicted molar refractivity (Wildman–Crippen MR) is 80.9 cm³/mol. The van der Waals surface area contributed by atoms with Crippen LogP contribution in [0, 0.1) is 11.3 Å². The minimum absolute atomic E-state index is 0.0536. The van der Waals surface area contributed by atoms with Crippen LogP contribution < -0.4 is 0 Å². The number of rotatable bonds is 2. The third-order valence-electron chi connectivity index (χ3n) is 4.01. The molecule has 104 valence electrons. The van der Waals surface area contributed by atoms with E-state index in [0.717, 1.165) is 19.5 Å². The molecule has 1 fully saturated rings. The molecule has 1 aliphatic rings. The summed E-state index contributed by atoms with van der Waals surface area (Å²) in [7, 11) is 0. The van der Waals surface area contributed by atoms with Crippen LogP contribution in [0.3, 0.4) is 0 Å². The molecular weight excluding hydrogens is 260 g/mol. The number of carbonyl (C=O) groups excluding carboxylic acids is 1. The van der Waals surface area contributed by atoms with Crippen molar-refractivity contribution in [3.05, 3.63) is 71.3 Å². The Bertz CT molecular complexity index is 671. The SMILES string of the molecule is N#Cc1ccc(C(=O)N2CC[C@H](c3ccccc3)C2)cc1. The van der Waals surface area contributed by atoms with Gasteiger partial charge < -0.3 is 4.90 Å². The molecule has 1 saturated heterocycles. The van der Waals surface area contributed by atoms with E-state index in [-0.39, 0.29) is 5.91 Å². The zero-order valence-corrected chi connectivity index (χ0v) is 11.7. The molecule has 1 aliphatic heterocycles. The second kappa shape index (κ2) is 5.80. The molecule has 0 unspecified atom stereocenters. The lowest BCUT2D eigenvalue weighted by molar-refractivity contribution is 0.0791. The van der Waals surface area contributed by atoms with Crippen molar-refractivity contribution in [2.75, 3.05) is 13.1 Å². The van der Waals surface area contributed by atoms with Gasteiger partial charge in [-0.15, -0.1) is 0 Å². The minimum Gasteiger partial charge on any atom is -0.338 e. The number of likely N-dealkylation sites (tertiary alicyclic amines) is 1. The van der Waals surface area contributed by atoms with E-state index < -0.39 is 0 Å². The molecule has 1 heterocycles. The lowest BCUT2D eigenvalue weighted by Gasteiger charge is -2.17. The largest absolute Gasteiger partial charge is 0.338 e. The van der Waals surface area contributed by atoms with Crippen LogP contribution in [0.4, 0.5) is 0 Å². The molecule has 0 spiro atoms. The lowest BCUT2D eigenvalue weighted by Crippen LogP contribution is -2.28. The van der Waals surface area contributed by atoms with Gasteiger partial charge in [-0.3, -0.25) is 4.79 Å². The van der Waals surface area contributed by atoms with Gasteiger partial charge in [0.05, 0.1) is 11.6 Å². The monoisotopic (exact) mass is 276 g/mol. The summed E-state index contributed by atoms with van der Waals surface area (Å²) in [6.45, 7) is 1.56. The zero-order valence-electron chi connectivity index (χ0n) is 11.7. The van der Waals surface area contributed by atoms with E-state index in [4.69, 9.17) is 5.26 Å². The quantitative estimate of drug-likeness (QED) is 0.845. The third kappa shape index (κ3) is 2.80. The summed E-state index contributed by atoms with van der Waals surface area (Å²) in [5.74, 6) is 0.478. The Morgan fingerprint density at radius 1 is 1.10 bits per heavy atom. The van der Waals surface area contributed by atoms with Crippen molar-refractivity contribution >= 4 is 5.91 Å². The van der Waals surface area contributed by atoms with E-state index in [9.17, 15) is 4.79 Å². The first kappa shape index (κ1) is 13.4. The first-order valence-corrected chi connectivity index (χ1v) is 7.12. The van der Waals surface area contributed by atoms with Crippen LogP contribution in [0.1, 0.15) is 33.8 Å². The summed E-state index contributed by atoms with van der Waals surface area (Å²) in [5, 5.41) is 8.79. The Morgan fingerprint density at radius 2 is 1.81 bits per heavy atom. The van der Waals surface area contributed by atoms with Crippen molar-refractivity contribution in [3.8, 4) is 6.07 Å². The Hall–Kier alpha value is -2.60. The highest BCUT2D eigenvalue weighted by atomic mass is 16.2. The minimum atomic E-state index is 0.0536. The van der Waals surface area contributed by atoms with Gasteiger partial charge in [-0.25, -0.2) is 0 Å². The zero-order chi connectivity index (χ0) is 14.7. The van der Waals surface area contributed by atoms with Crippen LogP contribution in [-0.4, -0.2) is 23.9 Å². The van der Waals surface area contributed by atoms with E-state index in [0.29, 0.717) is 17.0 Å². The van der Waals surface area contributed by atoms with Crippen LogP contribution in [0.2, 0.25) is 0 Å². The highest BCUT2D eigenvalue weighted by Gasteiger charge is 2.27. The summed E-state index contributed by atoms with van der Waals surface area (Å²) >= 11 is 0. The number of hydrogen-bond donors (Lipinski definition) is 0. The van der Waals surface area contributed by atoms with Crippen molar-refractivity contribution in [1.29, 1.82) is 5.26 Å². The van der Waals surface area contributed by atoms with Gasteiger partial charge in [0, 0.05) is 24.6 Å². The maximum Gasteiger partial charge on any atom is 0.253 e. The molecule has 0 radical (unpaired) electrons. The Morgan fingerprint density at radius 3 is 2.48 bits per heavy atom. The molecule has 0 N–H and O–H groups in total. The number of nitrogens with zero attached hydrogens (tertiary/aromatic N) is 2. The topological polar surface area (TPSA) is 44.1 Å². The van der Waals surface area contributed by atoms with E-state index in [1.54, 1.807) is 24.3 Å². The second-order valence-corrected chi connectivity index (χ2v) is 5.34. The number of benzene rings is 2. The molecule has 0 saturated carbocycles. The molecule has 0 aromatic heterocycles. The average molecular weight is 276 g/mol. The summed E-state index contributed by atoms with van der Waals surface area (Å²) in [4.78, 5) is 14.4. The Balaban J connectivity index is 1.71. The number of carbonyl (C=O) groups is 1. The maximum atomic E-state index is 12.5. The number of amides is 1. The van der Waals surface area contributed by atoms with Gasteiger partial charge >= 0.3 is 0 Å². The van der Waals surface area contributed by atoms with Gasteiger partial charge in [0.25, 0.3) is 5.91 Å². The van der Waals surface area contributed by atoms with Crippen molar-refractivity contribution < 1.29 is 4.79 Å². The fourth-order valence-electron chi connectivity index (χ4n) is 2.81. The molecule has 2 aromatic carbocycles. The van der Waals surface area contributed by atoms with E-state index in [1.165, 1.54) is 5.56 Å². The number of nitriles is 1. The summed E-state index contributed by atoms with van der Waals surface area (Å²) in [6.07, 6.45) is 1.01. The van der Waals surface area contributed by atoms with Crippen LogP contribution in [0.25, 0.3) is 0 Å². The first-order valence-electron chi connectivity index (χ1n) is 7.12. The van der Waals surface area contributed by atoms with E-state index in [1.807, 2.05) is 23.1 Å². The molecular formula is C18H16N2O. The third-order valence-corrected chi connectivity index (χ3v) is 4.01. The molecule has 0 aliphatic carbocycles. The smallest absolute Gasteiger partial charge is 0.253 e. The van der Waals surface area contributed by atoms with Crippen LogP contribution >= 0.6 is 0 Å². The van der Waals surface area contributed by atoms with Crippen LogP contribution in [0.5, 0.6) is 0 Å². The number of hydrogen-bond acceptors (Lipinski definition) is 2. The van der Waals surface area contributed by atoms with Gasteiger partial charge in [0.1, 0.15) is 0 Å².